The Bertz CT molecular complexity index is 607. The fourth-order valence-electron chi connectivity index (χ4n) is 2.09. The Labute approximate surface area is 117 Å². The van der Waals surface area contributed by atoms with Gasteiger partial charge in [0.2, 0.25) is 11.8 Å². The Hall–Kier alpha value is -2.43. The molecule has 0 aromatic heterocycles. The molecule has 1 aliphatic heterocycles. The number of nitrogens with one attached hydrogen (secondary N) is 1. The van der Waals surface area contributed by atoms with Gasteiger partial charge in [0.05, 0.1) is 12.1 Å². The average Bonchev–Trinajstić information content (AvgIpc) is 2.65. The van der Waals surface area contributed by atoms with Crippen LogP contribution in [-0.4, -0.2) is 23.8 Å². The molecule has 0 bridgehead atoms. The van der Waals surface area contributed by atoms with Gasteiger partial charge in [0.1, 0.15) is 6.04 Å². The van der Waals surface area contributed by atoms with E-state index in [2.05, 4.69) is 11.9 Å². The highest BCUT2D eigenvalue weighted by Crippen LogP contribution is 2.25. The highest BCUT2D eigenvalue weighted by Gasteiger charge is 2.40. The summed E-state index contributed by atoms with van der Waals surface area (Å²) in [4.78, 5) is 37.0. The summed E-state index contributed by atoms with van der Waals surface area (Å²) in [7, 11) is 0. The fraction of sp³-hybridized carbons (Fsp3) is 0.267. The van der Waals surface area contributed by atoms with Gasteiger partial charge in [-0.3, -0.25) is 14.4 Å². The van der Waals surface area contributed by atoms with Crippen molar-refractivity contribution in [3.8, 4) is 0 Å². The molecule has 2 rings (SSSR count). The first-order valence-electron chi connectivity index (χ1n) is 6.30. The summed E-state index contributed by atoms with van der Waals surface area (Å²) in [5.74, 6) is -1.13. The van der Waals surface area contributed by atoms with Crippen LogP contribution in [0.25, 0.3) is 0 Å². The number of carbonyl (C=O) groups excluding carboxylic acids is 3. The SMILES string of the molecule is C=C(C)C(=O)NC1CC(=O)N(c2ccccc2C)C1=O. The third-order valence-corrected chi connectivity index (χ3v) is 3.20. The fourth-order valence-corrected chi connectivity index (χ4v) is 2.09. The van der Waals surface area contributed by atoms with Crippen molar-refractivity contribution in [3.05, 3.63) is 42.0 Å². The topological polar surface area (TPSA) is 66.5 Å². The maximum atomic E-state index is 12.3. The van der Waals surface area contributed by atoms with Crippen LogP contribution in [0, 0.1) is 6.92 Å². The number of amides is 3. The molecule has 1 heterocycles. The summed E-state index contributed by atoms with van der Waals surface area (Å²) >= 11 is 0. The normalized spacial score (nSPS) is 18.3. The second kappa shape index (κ2) is 5.28. The van der Waals surface area contributed by atoms with Crippen LogP contribution in [0.1, 0.15) is 18.9 Å². The minimum atomic E-state index is -0.814. The lowest BCUT2D eigenvalue weighted by atomic mass is 10.2. The number of benzene rings is 1. The molecule has 1 aromatic carbocycles. The monoisotopic (exact) mass is 272 g/mol. The predicted molar refractivity (Wildman–Crippen MR) is 75.0 cm³/mol. The molecule has 5 nitrogen and oxygen atoms in total. The number of imide groups is 1. The van der Waals surface area contributed by atoms with Crippen LogP contribution in [0.15, 0.2) is 36.4 Å². The Kier molecular flexibility index (Phi) is 3.70. The van der Waals surface area contributed by atoms with Gasteiger partial charge in [-0.05, 0) is 25.5 Å². The molecule has 1 N–H and O–H groups in total. The van der Waals surface area contributed by atoms with E-state index < -0.39 is 17.9 Å². The largest absolute Gasteiger partial charge is 0.340 e. The number of hydrogen-bond acceptors (Lipinski definition) is 3. The van der Waals surface area contributed by atoms with E-state index in [0.29, 0.717) is 11.3 Å². The molecule has 20 heavy (non-hydrogen) atoms. The maximum Gasteiger partial charge on any atom is 0.256 e. The molecular weight excluding hydrogens is 256 g/mol. The van der Waals surface area contributed by atoms with Gasteiger partial charge in [0.25, 0.3) is 5.91 Å². The number of carbonyl (C=O) groups is 3. The first-order valence-corrected chi connectivity index (χ1v) is 6.30. The molecule has 0 aliphatic carbocycles. The highest BCUT2D eigenvalue weighted by atomic mass is 16.2. The summed E-state index contributed by atoms with van der Waals surface area (Å²) in [5, 5.41) is 2.53. The molecule has 0 spiro atoms. The van der Waals surface area contributed by atoms with Crippen LogP contribution in [0.2, 0.25) is 0 Å². The van der Waals surface area contributed by atoms with Crippen molar-refractivity contribution in [3.63, 3.8) is 0 Å². The Morgan fingerprint density at radius 1 is 1.35 bits per heavy atom. The number of aryl methyl sites for hydroxylation is 1. The molecule has 104 valence electrons. The first-order chi connectivity index (χ1) is 9.41. The minimum Gasteiger partial charge on any atom is -0.340 e. The molecule has 5 heteroatoms. The van der Waals surface area contributed by atoms with E-state index in [1.165, 1.54) is 0 Å². The number of nitrogens with zero attached hydrogens (tertiary/aromatic N) is 1. The van der Waals surface area contributed by atoms with Gasteiger partial charge < -0.3 is 5.32 Å². The molecule has 1 unspecified atom stereocenters. The third-order valence-electron chi connectivity index (χ3n) is 3.20. The van der Waals surface area contributed by atoms with Gasteiger partial charge in [-0.1, -0.05) is 24.8 Å². The van der Waals surface area contributed by atoms with Gasteiger partial charge in [0, 0.05) is 5.57 Å². The van der Waals surface area contributed by atoms with E-state index in [1.807, 2.05) is 19.1 Å². The van der Waals surface area contributed by atoms with Gasteiger partial charge >= 0.3 is 0 Å². The zero-order valence-electron chi connectivity index (χ0n) is 11.5. The van der Waals surface area contributed by atoms with E-state index in [-0.39, 0.29) is 12.3 Å². The van der Waals surface area contributed by atoms with Gasteiger partial charge in [-0.2, -0.15) is 0 Å². The number of hydrogen-bond donors (Lipinski definition) is 1. The number of para-hydroxylation sites is 1. The standard InChI is InChI=1S/C15H16N2O3/c1-9(2)14(19)16-11-8-13(18)17(15(11)20)12-7-5-4-6-10(12)3/h4-7,11H,1,8H2,2-3H3,(H,16,19). The molecule has 1 aromatic rings. The second-order valence-electron chi connectivity index (χ2n) is 4.86. The molecule has 3 amide bonds. The van der Waals surface area contributed by atoms with E-state index >= 15 is 0 Å². The Morgan fingerprint density at radius 3 is 2.60 bits per heavy atom. The van der Waals surface area contributed by atoms with Crippen molar-refractivity contribution in [1.82, 2.24) is 5.32 Å². The van der Waals surface area contributed by atoms with E-state index in [9.17, 15) is 14.4 Å². The number of anilines is 1. The van der Waals surface area contributed by atoms with Crippen molar-refractivity contribution in [2.75, 3.05) is 4.90 Å². The van der Waals surface area contributed by atoms with Crippen molar-refractivity contribution < 1.29 is 14.4 Å². The summed E-state index contributed by atoms with van der Waals surface area (Å²) in [5.41, 5.74) is 1.70. The average molecular weight is 272 g/mol. The van der Waals surface area contributed by atoms with Crippen molar-refractivity contribution in [2.45, 2.75) is 26.3 Å². The summed E-state index contributed by atoms with van der Waals surface area (Å²) in [6, 6.07) is 6.34. The first kappa shape index (κ1) is 14.0. The van der Waals surface area contributed by atoms with Crippen LogP contribution in [0.3, 0.4) is 0 Å². The van der Waals surface area contributed by atoms with E-state index in [1.54, 1.807) is 19.1 Å². The van der Waals surface area contributed by atoms with E-state index in [4.69, 9.17) is 0 Å². The van der Waals surface area contributed by atoms with Crippen LogP contribution in [0.5, 0.6) is 0 Å². The number of rotatable bonds is 3. The Balaban J connectivity index is 2.24. The molecule has 1 saturated heterocycles. The molecular formula is C15H16N2O3. The lowest BCUT2D eigenvalue weighted by molar-refractivity contribution is -0.124. The second-order valence-corrected chi connectivity index (χ2v) is 4.86. The van der Waals surface area contributed by atoms with Gasteiger partial charge in [0.15, 0.2) is 0 Å². The quantitative estimate of drug-likeness (QED) is 0.666. The summed E-state index contributed by atoms with van der Waals surface area (Å²) < 4.78 is 0. The van der Waals surface area contributed by atoms with Crippen molar-refractivity contribution >= 4 is 23.4 Å². The van der Waals surface area contributed by atoms with E-state index in [0.717, 1.165) is 10.5 Å². The minimum absolute atomic E-state index is 0.0216. The summed E-state index contributed by atoms with van der Waals surface area (Å²) in [6.45, 7) is 6.89. The lowest BCUT2D eigenvalue weighted by Crippen LogP contribution is -2.42. The van der Waals surface area contributed by atoms with Gasteiger partial charge in [-0.25, -0.2) is 4.90 Å². The molecule has 0 saturated carbocycles. The van der Waals surface area contributed by atoms with Crippen molar-refractivity contribution in [1.29, 1.82) is 0 Å². The predicted octanol–water partition coefficient (Wildman–Crippen LogP) is 1.32. The van der Waals surface area contributed by atoms with Crippen LogP contribution in [0.4, 0.5) is 5.69 Å². The maximum absolute atomic E-state index is 12.3. The molecule has 1 fully saturated rings. The molecule has 1 aliphatic rings. The van der Waals surface area contributed by atoms with Crippen LogP contribution >= 0.6 is 0 Å². The van der Waals surface area contributed by atoms with Crippen molar-refractivity contribution in [2.24, 2.45) is 0 Å². The molecule has 0 radical (unpaired) electrons. The van der Waals surface area contributed by atoms with Gasteiger partial charge in [-0.15, -0.1) is 0 Å². The van der Waals surface area contributed by atoms with Crippen LogP contribution < -0.4 is 10.2 Å². The zero-order chi connectivity index (χ0) is 14.9. The molecule has 1 atom stereocenters. The highest BCUT2D eigenvalue weighted by molar-refractivity contribution is 6.23. The Morgan fingerprint density at radius 2 is 2.00 bits per heavy atom. The smallest absolute Gasteiger partial charge is 0.256 e. The lowest BCUT2D eigenvalue weighted by Gasteiger charge is -2.17. The summed E-state index contributed by atoms with van der Waals surface area (Å²) in [6.07, 6.45) is -0.0216. The third kappa shape index (κ3) is 2.47. The zero-order valence-corrected chi connectivity index (χ0v) is 11.5. The van der Waals surface area contributed by atoms with Crippen LogP contribution in [-0.2, 0) is 14.4 Å².